The summed E-state index contributed by atoms with van der Waals surface area (Å²) in [6, 6.07) is 8.97. The summed E-state index contributed by atoms with van der Waals surface area (Å²) in [6.07, 6.45) is 6.11. The molecule has 4 heteroatoms. The Labute approximate surface area is 112 Å². The number of halogens is 2. The molecule has 19 heavy (non-hydrogen) atoms. The van der Waals surface area contributed by atoms with Crippen molar-refractivity contribution in [2.45, 2.75) is 50.6 Å². The van der Waals surface area contributed by atoms with E-state index >= 15 is 0 Å². The molecule has 1 aromatic rings. The summed E-state index contributed by atoms with van der Waals surface area (Å²) in [5.74, 6) is 0.139. The SMILES string of the molecule is N#CC1(c2ccc(OC(F)F)cc2)CCCCCC1. The van der Waals surface area contributed by atoms with Gasteiger partial charge in [-0.25, -0.2) is 0 Å². The van der Waals surface area contributed by atoms with E-state index in [4.69, 9.17) is 0 Å². The molecule has 0 atom stereocenters. The van der Waals surface area contributed by atoms with Crippen LogP contribution in [0.3, 0.4) is 0 Å². The highest BCUT2D eigenvalue weighted by Crippen LogP contribution is 2.38. The number of alkyl halides is 2. The third kappa shape index (κ3) is 3.23. The molecular formula is C15H17F2NO. The molecule has 1 aliphatic rings. The quantitative estimate of drug-likeness (QED) is 0.759. The second-order valence-electron chi connectivity index (χ2n) is 5.01. The van der Waals surface area contributed by atoms with Gasteiger partial charge in [0.05, 0.1) is 11.5 Å². The number of nitriles is 1. The van der Waals surface area contributed by atoms with E-state index in [1.807, 2.05) is 0 Å². The van der Waals surface area contributed by atoms with Crippen LogP contribution in [0, 0.1) is 11.3 Å². The van der Waals surface area contributed by atoms with E-state index in [0.717, 1.165) is 44.1 Å². The molecule has 0 unspecified atom stereocenters. The fourth-order valence-corrected chi connectivity index (χ4v) is 2.75. The summed E-state index contributed by atoms with van der Waals surface area (Å²) < 4.78 is 28.5. The first kappa shape index (κ1) is 13.8. The summed E-state index contributed by atoms with van der Waals surface area (Å²) in [4.78, 5) is 0. The molecule has 0 spiro atoms. The average Bonchev–Trinajstić information content (AvgIpc) is 2.65. The zero-order chi connectivity index (χ0) is 13.7. The number of hydrogen-bond donors (Lipinski definition) is 0. The third-order valence-corrected chi connectivity index (χ3v) is 3.80. The van der Waals surface area contributed by atoms with Gasteiger partial charge in [-0.3, -0.25) is 0 Å². The number of benzene rings is 1. The van der Waals surface area contributed by atoms with Gasteiger partial charge in [-0.15, -0.1) is 0 Å². The number of rotatable bonds is 3. The molecule has 0 N–H and O–H groups in total. The van der Waals surface area contributed by atoms with Gasteiger partial charge in [-0.2, -0.15) is 14.0 Å². The summed E-state index contributed by atoms with van der Waals surface area (Å²) in [5, 5.41) is 9.53. The molecule has 0 aliphatic heterocycles. The van der Waals surface area contributed by atoms with Crippen LogP contribution in [-0.4, -0.2) is 6.61 Å². The smallest absolute Gasteiger partial charge is 0.387 e. The maximum Gasteiger partial charge on any atom is 0.387 e. The Balaban J connectivity index is 2.21. The van der Waals surface area contributed by atoms with Crippen molar-refractivity contribution in [2.24, 2.45) is 0 Å². The summed E-state index contributed by atoms with van der Waals surface area (Å²) >= 11 is 0. The van der Waals surface area contributed by atoms with E-state index in [1.165, 1.54) is 12.1 Å². The first-order chi connectivity index (χ1) is 9.16. The largest absolute Gasteiger partial charge is 0.435 e. The molecule has 2 rings (SSSR count). The zero-order valence-electron chi connectivity index (χ0n) is 10.7. The maximum absolute atomic E-state index is 12.1. The standard InChI is InChI=1S/C15H17F2NO/c16-14(17)19-13-7-5-12(6-8-13)15(11-18)9-3-1-2-4-10-15/h5-8,14H,1-4,9-10H2. The maximum atomic E-state index is 12.1. The lowest BCUT2D eigenvalue weighted by atomic mass is 9.76. The van der Waals surface area contributed by atoms with Crippen molar-refractivity contribution in [1.29, 1.82) is 5.26 Å². The van der Waals surface area contributed by atoms with E-state index < -0.39 is 12.0 Å². The van der Waals surface area contributed by atoms with Crippen molar-refractivity contribution in [3.8, 4) is 11.8 Å². The lowest BCUT2D eigenvalue weighted by molar-refractivity contribution is -0.0498. The van der Waals surface area contributed by atoms with E-state index in [1.54, 1.807) is 12.1 Å². The van der Waals surface area contributed by atoms with Gasteiger partial charge in [0, 0.05) is 0 Å². The third-order valence-electron chi connectivity index (χ3n) is 3.80. The predicted molar refractivity (Wildman–Crippen MR) is 68.1 cm³/mol. The van der Waals surface area contributed by atoms with Gasteiger partial charge in [-0.1, -0.05) is 37.8 Å². The van der Waals surface area contributed by atoms with Crippen molar-refractivity contribution in [2.75, 3.05) is 0 Å². The van der Waals surface area contributed by atoms with Crippen LogP contribution in [-0.2, 0) is 5.41 Å². The van der Waals surface area contributed by atoms with Crippen LogP contribution in [0.25, 0.3) is 0 Å². The van der Waals surface area contributed by atoms with Gasteiger partial charge in [0.2, 0.25) is 0 Å². The van der Waals surface area contributed by atoms with E-state index in [0.29, 0.717) is 0 Å². The summed E-state index contributed by atoms with van der Waals surface area (Å²) in [7, 11) is 0. The molecule has 2 nitrogen and oxygen atoms in total. The molecule has 1 aromatic carbocycles. The molecular weight excluding hydrogens is 248 g/mol. The Morgan fingerprint density at radius 1 is 1.05 bits per heavy atom. The minimum absolute atomic E-state index is 0.139. The van der Waals surface area contributed by atoms with Gasteiger partial charge < -0.3 is 4.74 Å². The van der Waals surface area contributed by atoms with E-state index in [2.05, 4.69) is 10.8 Å². The Morgan fingerprint density at radius 3 is 2.11 bits per heavy atom. The van der Waals surface area contributed by atoms with Crippen LogP contribution in [0.2, 0.25) is 0 Å². The van der Waals surface area contributed by atoms with Crippen molar-refractivity contribution < 1.29 is 13.5 Å². The van der Waals surface area contributed by atoms with Crippen molar-refractivity contribution in [3.63, 3.8) is 0 Å². The summed E-state index contributed by atoms with van der Waals surface area (Å²) in [5.41, 5.74) is 0.457. The van der Waals surface area contributed by atoms with E-state index in [-0.39, 0.29) is 5.75 Å². The molecule has 0 bridgehead atoms. The lowest BCUT2D eigenvalue weighted by Crippen LogP contribution is -2.23. The molecule has 0 heterocycles. The normalized spacial score (nSPS) is 18.6. The molecule has 0 saturated heterocycles. The van der Waals surface area contributed by atoms with Gasteiger partial charge in [0.25, 0.3) is 0 Å². The number of nitrogens with zero attached hydrogens (tertiary/aromatic N) is 1. The summed E-state index contributed by atoms with van der Waals surface area (Å²) in [6.45, 7) is -2.81. The Hall–Kier alpha value is -1.63. The van der Waals surface area contributed by atoms with Crippen molar-refractivity contribution in [3.05, 3.63) is 29.8 Å². The van der Waals surface area contributed by atoms with Crippen LogP contribution in [0.4, 0.5) is 8.78 Å². The molecule has 102 valence electrons. The molecule has 0 amide bonds. The molecule has 1 saturated carbocycles. The average molecular weight is 265 g/mol. The lowest BCUT2D eigenvalue weighted by Gasteiger charge is -2.25. The highest BCUT2D eigenvalue weighted by Gasteiger charge is 2.32. The van der Waals surface area contributed by atoms with Crippen LogP contribution < -0.4 is 4.74 Å². The fraction of sp³-hybridized carbons (Fsp3) is 0.533. The van der Waals surface area contributed by atoms with Gasteiger partial charge in [0.15, 0.2) is 0 Å². The highest BCUT2D eigenvalue weighted by molar-refractivity contribution is 5.37. The number of ether oxygens (including phenoxy) is 1. The molecule has 0 radical (unpaired) electrons. The highest BCUT2D eigenvalue weighted by atomic mass is 19.3. The first-order valence-corrected chi connectivity index (χ1v) is 6.63. The Kier molecular flexibility index (Phi) is 4.36. The topological polar surface area (TPSA) is 33.0 Å². The van der Waals surface area contributed by atoms with Crippen LogP contribution in [0.5, 0.6) is 5.75 Å². The minimum Gasteiger partial charge on any atom is -0.435 e. The van der Waals surface area contributed by atoms with Crippen molar-refractivity contribution >= 4 is 0 Å². The van der Waals surface area contributed by atoms with E-state index in [9.17, 15) is 14.0 Å². The Morgan fingerprint density at radius 2 is 1.63 bits per heavy atom. The predicted octanol–water partition coefficient (Wildman–Crippen LogP) is 4.40. The van der Waals surface area contributed by atoms with Crippen LogP contribution in [0.15, 0.2) is 24.3 Å². The van der Waals surface area contributed by atoms with Crippen molar-refractivity contribution in [1.82, 2.24) is 0 Å². The molecule has 1 aliphatic carbocycles. The van der Waals surface area contributed by atoms with Gasteiger partial charge >= 0.3 is 6.61 Å². The molecule has 0 aromatic heterocycles. The Bertz CT molecular complexity index is 442. The molecule has 1 fully saturated rings. The zero-order valence-corrected chi connectivity index (χ0v) is 10.7. The minimum atomic E-state index is -2.81. The fourth-order valence-electron chi connectivity index (χ4n) is 2.75. The van der Waals surface area contributed by atoms with Crippen LogP contribution in [0.1, 0.15) is 44.1 Å². The first-order valence-electron chi connectivity index (χ1n) is 6.63. The van der Waals surface area contributed by atoms with Gasteiger partial charge in [-0.05, 0) is 30.5 Å². The second kappa shape index (κ2) is 6.01. The van der Waals surface area contributed by atoms with Gasteiger partial charge in [0.1, 0.15) is 5.75 Å². The number of hydrogen-bond acceptors (Lipinski definition) is 2. The van der Waals surface area contributed by atoms with Crippen LogP contribution >= 0.6 is 0 Å². The monoisotopic (exact) mass is 265 g/mol. The second-order valence-corrected chi connectivity index (χ2v) is 5.01.